The Hall–Kier alpha value is -1.04. The maximum absolute atomic E-state index is 10.8. The van der Waals surface area contributed by atoms with E-state index in [4.69, 9.17) is 5.11 Å². The number of carboxylic acids is 1. The second-order valence-electron chi connectivity index (χ2n) is 5.78. The van der Waals surface area contributed by atoms with Crippen molar-refractivity contribution < 1.29 is 9.90 Å². The maximum atomic E-state index is 10.8. The molecule has 0 aliphatic heterocycles. The number of hydrogen-bond acceptors (Lipinski definition) is 4. The van der Waals surface area contributed by atoms with E-state index in [0.717, 1.165) is 30.4 Å². The second kappa shape index (κ2) is 9.07. The number of carboxylic acid groups (broad SMARTS) is 1. The lowest BCUT2D eigenvalue weighted by molar-refractivity contribution is -0.133. The number of thioether (sulfide) groups is 1. The van der Waals surface area contributed by atoms with E-state index in [1.54, 1.807) is 0 Å². The number of aromatic nitrogens is 3. The van der Waals surface area contributed by atoms with E-state index in [2.05, 4.69) is 42.5 Å². The summed E-state index contributed by atoms with van der Waals surface area (Å²) in [6.07, 6.45) is 4.52. The van der Waals surface area contributed by atoms with Crippen molar-refractivity contribution in [3.63, 3.8) is 0 Å². The van der Waals surface area contributed by atoms with Crippen LogP contribution in [-0.2, 0) is 11.3 Å². The highest BCUT2D eigenvalue weighted by molar-refractivity contribution is 7.99. The van der Waals surface area contributed by atoms with E-state index < -0.39 is 5.97 Å². The first-order valence-electron chi connectivity index (χ1n) is 7.77. The zero-order chi connectivity index (χ0) is 15.8. The highest BCUT2D eigenvalue weighted by Crippen LogP contribution is 2.28. The number of aliphatic carboxylic acids is 1. The Morgan fingerprint density at radius 2 is 2.05 bits per heavy atom. The fourth-order valence-corrected chi connectivity index (χ4v) is 3.01. The summed E-state index contributed by atoms with van der Waals surface area (Å²) in [7, 11) is 0. The average Bonchev–Trinajstić information content (AvgIpc) is 2.80. The van der Waals surface area contributed by atoms with E-state index >= 15 is 0 Å². The molecular formula is C15H27N3O2S. The number of hydrogen-bond donors (Lipinski definition) is 1. The van der Waals surface area contributed by atoms with Gasteiger partial charge in [-0.05, 0) is 18.8 Å². The van der Waals surface area contributed by atoms with Crippen LogP contribution in [0.2, 0.25) is 0 Å². The van der Waals surface area contributed by atoms with Gasteiger partial charge < -0.3 is 9.67 Å². The van der Waals surface area contributed by atoms with Crippen LogP contribution >= 0.6 is 11.8 Å². The zero-order valence-electron chi connectivity index (χ0n) is 13.5. The highest BCUT2D eigenvalue weighted by Gasteiger charge is 2.21. The smallest absolute Gasteiger partial charge is 0.313 e. The van der Waals surface area contributed by atoms with Crippen LogP contribution in [0.25, 0.3) is 0 Å². The van der Waals surface area contributed by atoms with Gasteiger partial charge in [0, 0.05) is 12.5 Å². The van der Waals surface area contributed by atoms with Gasteiger partial charge in [-0.25, -0.2) is 0 Å². The average molecular weight is 313 g/mol. The molecule has 1 rings (SSSR count). The van der Waals surface area contributed by atoms with Gasteiger partial charge in [-0.1, -0.05) is 52.3 Å². The van der Waals surface area contributed by atoms with Gasteiger partial charge in [0.1, 0.15) is 5.82 Å². The Balaban J connectivity index is 2.97. The van der Waals surface area contributed by atoms with Crippen molar-refractivity contribution in [2.24, 2.45) is 5.92 Å². The molecule has 0 amide bonds. The summed E-state index contributed by atoms with van der Waals surface area (Å²) >= 11 is 1.26. The minimum Gasteiger partial charge on any atom is -0.481 e. The van der Waals surface area contributed by atoms with Gasteiger partial charge in [0.2, 0.25) is 0 Å². The van der Waals surface area contributed by atoms with Crippen LogP contribution in [0.3, 0.4) is 0 Å². The van der Waals surface area contributed by atoms with E-state index in [-0.39, 0.29) is 5.75 Å². The molecule has 0 aliphatic rings. The summed E-state index contributed by atoms with van der Waals surface area (Å²) < 4.78 is 2.13. The molecule has 0 bridgehead atoms. The van der Waals surface area contributed by atoms with Crippen molar-refractivity contribution in [2.75, 3.05) is 5.75 Å². The number of unbranched alkanes of at least 4 members (excludes halogenated alkanes) is 1. The Bertz CT molecular complexity index is 446. The van der Waals surface area contributed by atoms with Crippen molar-refractivity contribution in [1.82, 2.24) is 14.8 Å². The number of nitrogens with zero attached hydrogens (tertiary/aromatic N) is 3. The van der Waals surface area contributed by atoms with Gasteiger partial charge in [-0.3, -0.25) is 4.79 Å². The first-order valence-corrected chi connectivity index (χ1v) is 8.75. The summed E-state index contributed by atoms with van der Waals surface area (Å²) in [5, 5.41) is 18.2. The predicted molar refractivity (Wildman–Crippen MR) is 85.8 cm³/mol. The Labute approximate surface area is 131 Å². The Morgan fingerprint density at radius 3 is 2.57 bits per heavy atom. The molecule has 0 aliphatic carbocycles. The van der Waals surface area contributed by atoms with Gasteiger partial charge >= 0.3 is 5.97 Å². The molecule has 1 unspecified atom stereocenters. The SMILES string of the molecule is CCCCC(CC)c1nnc(SCC(=O)O)n1CC(C)C. The third-order valence-corrected chi connectivity index (χ3v) is 4.33. The molecule has 0 saturated carbocycles. The van der Waals surface area contributed by atoms with Crippen molar-refractivity contribution >= 4 is 17.7 Å². The first-order chi connectivity index (χ1) is 9.99. The maximum Gasteiger partial charge on any atom is 0.313 e. The van der Waals surface area contributed by atoms with Crippen LogP contribution in [0.4, 0.5) is 0 Å². The molecule has 1 heterocycles. The molecule has 1 atom stereocenters. The molecule has 1 aromatic heterocycles. The molecule has 1 N–H and O–H groups in total. The van der Waals surface area contributed by atoms with E-state index in [9.17, 15) is 4.79 Å². The standard InChI is InChI=1S/C15H27N3O2S/c1-5-7-8-12(6-2)14-16-17-15(21-10-13(19)20)18(14)9-11(3)4/h11-12H,5-10H2,1-4H3,(H,19,20). The lowest BCUT2D eigenvalue weighted by Gasteiger charge is -2.18. The summed E-state index contributed by atoms with van der Waals surface area (Å²) in [5.41, 5.74) is 0. The molecule has 120 valence electrons. The van der Waals surface area contributed by atoms with Crippen molar-refractivity contribution in [1.29, 1.82) is 0 Å². The Morgan fingerprint density at radius 1 is 1.33 bits per heavy atom. The van der Waals surface area contributed by atoms with Crippen LogP contribution in [0.1, 0.15) is 65.1 Å². The van der Waals surface area contributed by atoms with Crippen LogP contribution in [-0.4, -0.2) is 31.6 Å². The number of rotatable bonds is 10. The van der Waals surface area contributed by atoms with Crippen LogP contribution in [0.15, 0.2) is 5.16 Å². The quantitative estimate of drug-likeness (QED) is 0.665. The molecule has 0 aromatic carbocycles. The van der Waals surface area contributed by atoms with Gasteiger partial charge in [0.05, 0.1) is 5.75 Å². The summed E-state index contributed by atoms with van der Waals surface area (Å²) in [6, 6.07) is 0. The normalized spacial score (nSPS) is 12.8. The zero-order valence-corrected chi connectivity index (χ0v) is 14.3. The van der Waals surface area contributed by atoms with E-state index in [1.165, 1.54) is 24.6 Å². The van der Waals surface area contributed by atoms with Crippen molar-refractivity contribution in [3.8, 4) is 0 Å². The third kappa shape index (κ3) is 5.69. The summed E-state index contributed by atoms with van der Waals surface area (Å²) in [6.45, 7) is 9.52. The minimum atomic E-state index is -0.821. The van der Waals surface area contributed by atoms with Crippen LogP contribution in [0.5, 0.6) is 0 Å². The van der Waals surface area contributed by atoms with Crippen LogP contribution in [0, 0.1) is 5.92 Å². The Kier molecular flexibility index (Phi) is 7.78. The second-order valence-corrected chi connectivity index (χ2v) is 6.72. The lowest BCUT2D eigenvalue weighted by atomic mass is 9.98. The van der Waals surface area contributed by atoms with Gasteiger partial charge in [0.15, 0.2) is 5.16 Å². The van der Waals surface area contributed by atoms with Crippen LogP contribution < -0.4 is 0 Å². The fourth-order valence-electron chi connectivity index (χ4n) is 2.34. The minimum absolute atomic E-state index is 0.0297. The molecule has 0 radical (unpaired) electrons. The summed E-state index contributed by atoms with van der Waals surface area (Å²) in [5.74, 6) is 1.12. The summed E-state index contributed by atoms with van der Waals surface area (Å²) in [4.78, 5) is 10.8. The molecule has 1 aromatic rings. The molecule has 5 nitrogen and oxygen atoms in total. The predicted octanol–water partition coefficient (Wildman–Crippen LogP) is 3.79. The topological polar surface area (TPSA) is 68.0 Å². The lowest BCUT2D eigenvalue weighted by Crippen LogP contribution is -2.14. The number of carbonyl (C=O) groups is 1. The molecule has 0 spiro atoms. The molecular weight excluding hydrogens is 286 g/mol. The van der Waals surface area contributed by atoms with Crippen molar-refractivity contribution in [3.05, 3.63) is 5.82 Å². The molecule has 21 heavy (non-hydrogen) atoms. The van der Waals surface area contributed by atoms with Gasteiger partial charge in [-0.15, -0.1) is 10.2 Å². The van der Waals surface area contributed by atoms with Gasteiger partial charge in [-0.2, -0.15) is 0 Å². The monoisotopic (exact) mass is 313 g/mol. The molecule has 6 heteroatoms. The third-order valence-electron chi connectivity index (χ3n) is 3.38. The first kappa shape index (κ1) is 18.0. The largest absolute Gasteiger partial charge is 0.481 e. The van der Waals surface area contributed by atoms with Gasteiger partial charge in [0.25, 0.3) is 0 Å². The van der Waals surface area contributed by atoms with E-state index in [0.29, 0.717) is 11.8 Å². The molecule has 0 saturated heterocycles. The highest BCUT2D eigenvalue weighted by atomic mass is 32.2. The molecule has 0 fully saturated rings. The fraction of sp³-hybridized carbons (Fsp3) is 0.800. The van der Waals surface area contributed by atoms with Crippen molar-refractivity contribution in [2.45, 2.75) is 71.0 Å². The van der Waals surface area contributed by atoms with E-state index in [1.807, 2.05) is 0 Å².